The lowest BCUT2D eigenvalue weighted by Crippen LogP contribution is -2.41. The molecule has 1 aromatic carbocycles. The molecule has 1 fully saturated rings. The van der Waals surface area contributed by atoms with Crippen molar-refractivity contribution in [2.24, 2.45) is 0 Å². The van der Waals surface area contributed by atoms with E-state index in [4.69, 9.17) is 0 Å². The Labute approximate surface area is 126 Å². The first-order chi connectivity index (χ1) is 9.84. The van der Waals surface area contributed by atoms with Crippen molar-refractivity contribution < 1.29 is 9.90 Å². The second-order valence-electron chi connectivity index (χ2n) is 6.94. The minimum Gasteiger partial charge on any atom is -0.393 e. The number of rotatable bonds is 2. The molecule has 0 radical (unpaired) electrons. The Morgan fingerprint density at radius 2 is 1.86 bits per heavy atom. The molecule has 2 rings (SSSR count). The van der Waals surface area contributed by atoms with Gasteiger partial charge >= 0.3 is 6.03 Å². The van der Waals surface area contributed by atoms with Gasteiger partial charge in [-0.1, -0.05) is 32.9 Å². The van der Waals surface area contributed by atoms with Crippen LogP contribution in [-0.2, 0) is 5.41 Å². The zero-order valence-corrected chi connectivity index (χ0v) is 13.1. The Morgan fingerprint density at radius 3 is 2.43 bits per heavy atom. The third kappa shape index (κ3) is 4.74. The number of hydrogen-bond donors (Lipinski definition) is 3. The number of aliphatic hydroxyl groups is 1. The fourth-order valence-electron chi connectivity index (χ4n) is 2.70. The molecule has 4 heteroatoms. The Hall–Kier alpha value is -1.55. The minimum atomic E-state index is -0.282. The van der Waals surface area contributed by atoms with E-state index in [0.29, 0.717) is 6.42 Å². The highest BCUT2D eigenvalue weighted by Crippen LogP contribution is 2.23. The predicted octanol–water partition coefficient (Wildman–Crippen LogP) is 3.41. The van der Waals surface area contributed by atoms with Crippen LogP contribution < -0.4 is 10.6 Å². The van der Waals surface area contributed by atoms with Crippen molar-refractivity contribution in [2.75, 3.05) is 5.32 Å². The van der Waals surface area contributed by atoms with Crippen LogP contribution in [0.2, 0.25) is 0 Å². The van der Waals surface area contributed by atoms with Gasteiger partial charge in [0.05, 0.1) is 6.10 Å². The van der Waals surface area contributed by atoms with Crippen LogP contribution in [0, 0.1) is 0 Å². The highest BCUT2D eigenvalue weighted by Gasteiger charge is 2.21. The number of aliphatic hydroxyl groups excluding tert-OH is 1. The molecule has 0 saturated heterocycles. The van der Waals surface area contributed by atoms with Crippen molar-refractivity contribution in [3.8, 4) is 0 Å². The van der Waals surface area contributed by atoms with Crippen molar-refractivity contribution in [2.45, 2.75) is 64.0 Å². The number of hydrogen-bond acceptors (Lipinski definition) is 2. The molecule has 116 valence electrons. The maximum absolute atomic E-state index is 12.0. The van der Waals surface area contributed by atoms with E-state index >= 15 is 0 Å². The number of benzene rings is 1. The molecule has 3 N–H and O–H groups in total. The third-order valence-electron chi connectivity index (χ3n) is 3.99. The molecule has 1 aliphatic rings. The predicted molar refractivity (Wildman–Crippen MR) is 85.6 cm³/mol. The van der Waals surface area contributed by atoms with Crippen molar-refractivity contribution >= 4 is 11.7 Å². The number of amides is 2. The summed E-state index contributed by atoms with van der Waals surface area (Å²) in [5, 5.41) is 15.4. The Morgan fingerprint density at radius 1 is 1.19 bits per heavy atom. The standard InChI is InChI=1S/C17H26N2O2/c1-17(2,3)12-7-9-13(10-8-12)18-16(21)19-14-5-4-6-15(20)11-14/h7-10,14-15,20H,4-6,11H2,1-3H3,(H2,18,19,21). The molecular formula is C17H26N2O2. The second kappa shape index (κ2) is 6.48. The second-order valence-corrected chi connectivity index (χ2v) is 6.94. The van der Waals surface area contributed by atoms with Crippen LogP contribution in [0.25, 0.3) is 0 Å². The average molecular weight is 290 g/mol. The summed E-state index contributed by atoms with van der Waals surface area (Å²) in [5.41, 5.74) is 2.14. The highest BCUT2D eigenvalue weighted by atomic mass is 16.3. The van der Waals surface area contributed by atoms with Crippen LogP contribution in [-0.4, -0.2) is 23.3 Å². The Bertz CT molecular complexity index is 477. The first kappa shape index (κ1) is 15.8. The summed E-state index contributed by atoms with van der Waals surface area (Å²) >= 11 is 0. The van der Waals surface area contributed by atoms with Crippen molar-refractivity contribution in [1.82, 2.24) is 5.32 Å². The summed E-state index contributed by atoms with van der Waals surface area (Å²) in [4.78, 5) is 12.0. The third-order valence-corrected chi connectivity index (χ3v) is 3.99. The SMILES string of the molecule is CC(C)(C)c1ccc(NC(=O)NC2CCCC(O)C2)cc1. The lowest BCUT2D eigenvalue weighted by Gasteiger charge is -2.26. The van der Waals surface area contributed by atoms with E-state index in [1.165, 1.54) is 5.56 Å². The molecule has 1 aliphatic carbocycles. The molecule has 0 heterocycles. The molecule has 4 nitrogen and oxygen atoms in total. The van der Waals surface area contributed by atoms with E-state index in [1.54, 1.807) is 0 Å². The number of nitrogens with one attached hydrogen (secondary N) is 2. The number of carbonyl (C=O) groups is 1. The van der Waals surface area contributed by atoms with Gasteiger partial charge < -0.3 is 15.7 Å². The highest BCUT2D eigenvalue weighted by molar-refractivity contribution is 5.89. The maximum atomic E-state index is 12.0. The zero-order chi connectivity index (χ0) is 15.5. The van der Waals surface area contributed by atoms with Gasteiger partial charge in [0, 0.05) is 11.7 Å². The molecule has 21 heavy (non-hydrogen) atoms. The average Bonchev–Trinajstić information content (AvgIpc) is 2.38. The van der Waals surface area contributed by atoms with E-state index in [0.717, 1.165) is 24.9 Å². The molecule has 0 spiro atoms. The largest absolute Gasteiger partial charge is 0.393 e. The van der Waals surface area contributed by atoms with Crippen LogP contribution in [0.1, 0.15) is 52.0 Å². The van der Waals surface area contributed by atoms with E-state index < -0.39 is 0 Å². The van der Waals surface area contributed by atoms with Gasteiger partial charge in [-0.15, -0.1) is 0 Å². The molecule has 0 aliphatic heterocycles. The van der Waals surface area contributed by atoms with Crippen molar-refractivity contribution in [3.05, 3.63) is 29.8 Å². The van der Waals surface area contributed by atoms with Gasteiger partial charge in [0.15, 0.2) is 0 Å². The molecule has 0 bridgehead atoms. The molecule has 1 saturated carbocycles. The zero-order valence-electron chi connectivity index (χ0n) is 13.1. The Kier molecular flexibility index (Phi) is 4.88. The molecule has 2 atom stereocenters. The van der Waals surface area contributed by atoms with Gasteiger partial charge in [0.25, 0.3) is 0 Å². The van der Waals surface area contributed by atoms with Gasteiger partial charge in [0.2, 0.25) is 0 Å². The quantitative estimate of drug-likeness (QED) is 0.781. The van der Waals surface area contributed by atoms with Crippen molar-refractivity contribution in [1.29, 1.82) is 0 Å². The van der Waals surface area contributed by atoms with Crippen LogP contribution in [0.15, 0.2) is 24.3 Å². The van der Waals surface area contributed by atoms with Gasteiger partial charge in [0.1, 0.15) is 0 Å². The summed E-state index contributed by atoms with van der Waals surface area (Å²) < 4.78 is 0. The van der Waals surface area contributed by atoms with Gasteiger partial charge in [-0.2, -0.15) is 0 Å². The van der Waals surface area contributed by atoms with Crippen LogP contribution >= 0.6 is 0 Å². The molecular weight excluding hydrogens is 264 g/mol. The topological polar surface area (TPSA) is 61.4 Å². The van der Waals surface area contributed by atoms with E-state index in [9.17, 15) is 9.90 Å². The lowest BCUT2D eigenvalue weighted by molar-refractivity contribution is 0.114. The van der Waals surface area contributed by atoms with Crippen LogP contribution in [0.5, 0.6) is 0 Å². The molecule has 2 amide bonds. The molecule has 2 unspecified atom stereocenters. The maximum Gasteiger partial charge on any atom is 0.319 e. The van der Waals surface area contributed by atoms with E-state index in [1.807, 2.05) is 24.3 Å². The van der Waals surface area contributed by atoms with Crippen LogP contribution in [0.4, 0.5) is 10.5 Å². The van der Waals surface area contributed by atoms with Gasteiger partial charge in [-0.05, 0) is 48.8 Å². The van der Waals surface area contributed by atoms with E-state index in [-0.39, 0.29) is 23.6 Å². The number of urea groups is 1. The monoisotopic (exact) mass is 290 g/mol. The molecule has 1 aromatic rings. The first-order valence-electron chi connectivity index (χ1n) is 7.71. The summed E-state index contributed by atoms with van der Waals surface area (Å²) in [6.45, 7) is 6.49. The van der Waals surface area contributed by atoms with Crippen LogP contribution in [0.3, 0.4) is 0 Å². The van der Waals surface area contributed by atoms with E-state index in [2.05, 4.69) is 31.4 Å². The number of anilines is 1. The summed E-state index contributed by atoms with van der Waals surface area (Å²) in [7, 11) is 0. The summed E-state index contributed by atoms with van der Waals surface area (Å²) in [5.74, 6) is 0. The normalized spacial score (nSPS) is 22.7. The summed E-state index contributed by atoms with van der Waals surface area (Å²) in [6, 6.07) is 7.81. The lowest BCUT2D eigenvalue weighted by atomic mass is 9.87. The Balaban J connectivity index is 1.87. The smallest absolute Gasteiger partial charge is 0.319 e. The van der Waals surface area contributed by atoms with Gasteiger partial charge in [-0.3, -0.25) is 0 Å². The number of carbonyl (C=O) groups excluding carboxylic acids is 1. The first-order valence-corrected chi connectivity index (χ1v) is 7.71. The summed E-state index contributed by atoms with van der Waals surface area (Å²) in [6.07, 6.45) is 3.11. The molecule has 0 aromatic heterocycles. The fraction of sp³-hybridized carbons (Fsp3) is 0.588. The van der Waals surface area contributed by atoms with Crippen molar-refractivity contribution in [3.63, 3.8) is 0 Å². The minimum absolute atomic E-state index is 0.0719. The van der Waals surface area contributed by atoms with Gasteiger partial charge in [-0.25, -0.2) is 4.79 Å². The fourth-order valence-corrected chi connectivity index (χ4v) is 2.70.